The minimum absolute atomic E-state index is 0.101. The second kappa shape index (κ2) is 6.40. The molecule has 4 nitrogen and oxygen atoms in total. The number of amides is 2. The second-order valence-electron chi connectivity index (χ2n) is 4.60. The molecule has 1 aliphatic heterocycles. The Balaban J connectivity index is 1.98. The molecule has 0 saturated carbocycles. The molecule has 1 aromatic carbocycles. The first-order valence-corrected chi connectivity index (χ1v) is 6.67. The number of urea groups is 1. The van der Waals surface area contributed by atoms with Crippen molar-refractivity contribution in [3.63, 3.8) is 0 Å². The Kier molecular flexibility index (Phi) is 4.59. The van der Waals surface area contributed by atoms with Crippen LogP contribution in [0.25, 0.3) is 0 Å². The lowest BCUT2D eigenvalue weighted by Gasteiger charge is -2.20. The largest absolute Gasteiger partial charge is 0.338 e. The molecule has 0 fully saturated rings. The summed E-state index contributed by atoms with van der Waals surface area (Å²) < 4.78 is 0. The zero-order chi connectivity index (χ0) is 12.8. The number of hydrogen-bond acceptors (Lipinski definition) is 2. The van der Waals surface area contributed by atoms with Gasteiger partial charge in [-0.15, -0.1) is 0 Å². The Morgan fingerprint density at radius 2 is 2.33 bits per heavy atom. The van der Waals surface area contributed by atoms with Crippen LogP contribution in [-0.4, -0.2) is 19.1 Å². The highest BCUT2D eigenvalue weighted by atomic mass is 16.2. The van der Waals surface area contributed by atoms with Crippen LogP contribution in [-0.2, 0) is 13.0 Å². The van der Waals surface area contributed by atoms with Gasteiger partial charge in [0.15, 0.2) is 0 Å². The van der Waals surface area contributed by atoms with Crippen molar-refractivity contribution in [2.75, 3.05) is 18.4 Å². The molecular formula is C14H21N3O. The van der Waals surface area contributed by atoms with Gasteiger partial charge in [0.05, 0.1) is 0 Å². The fourth-order valence-electron chi connectivity index (χ4n) is 2.19. The van der Waals surface area contributed by atoms with Crippen molar-refractivity contribution in [2.45, 2.75) is 32.7 Å². The molecule has 1 aromatic rings. The monoisotopic (exact) mass is 247 g/mol. The molecule has 2 amide bonds. The standard InChI is InChI=1S/C14H21N3O/c1-2-3-8-16-14(18)17-13-6-4-5-11-10-15-9-7-12(11)13/h4-6,15H,2-3,7-10H2,1H3,(H2,16,17,18). The van der Waals surface area contributed by atoms with E-state index in [1.54, 1.807) is 0 Å². The molecule has 0 saturated heterocycles. The van der Waals surface area contributed by atoms with E-state index in [2.05, 4.69) is 28.9 Å². The third kappa shape index (κ3) is 3.23. The molecule has 3 N–H and O–H groups in total. The maximum absolute atomic E-state index is 11.7. The Morgan fingerprint density at radius 3 is 3.17 bits per heavy atom. The van der Waals surface area contributed by atoms with Crippen LogP contribution in [0.5, 0.6) is 0 Å². The van der Waals surface area contributed by atoms with Gasteiger partial charge >= 0.3 is 6.03 Å². The average Bonchev–Trinajstić information content (AvgIpc) is 2.39. The summed E-state index contributed by atoms with van der Waals surface area (Å²) in [6, 6.07) is 5.98. The molecular weight excluding hydrogens is 226 g/mol. The van der Waals surface area contributed by atoms with E-state index >= 15 is 0 Å². The smallest absolute Gasteiger partial charge is 0.319 e. The SMILES string of the molecule is CCCCNC(=O)Nc1cccc2c1CCNC2. The maximum atomic E-state index is 11.7. The highest BCUT2D eigenvalue weighted by Gasteiger charge is 2.13. The molecule has 0 bridgehead atoms. The van der Waals surface area contributed by atoms with Crippen molar-refractivity contribution in [3.05, 3.63) is 29.3 Å². The van der Waals surface area contributed by atoms with Crippen LogP contribution >= 0.6 is 0 Å². The van der Waals surface area contributed by atoms with Crippen LogP contribution in [0.2, 0.25) is 0 Å². The van der Waals surface area contributed by atoms with Crippen LogP contribution in [0.1, 0.15) is 30.9 Å². The summed E-state index contributed by atoms with van der Waals surface area (Å²) >= 11 is 0. The van der Waals surface area contributed by atoms with E-state index in [1.807, 2.05) is 12.1 Å². The summed E-state index contributed by atoms with van der Waals surface area (Å²) in [7, 11) is 0. The minimum Gasteiger partial charge on any atom is -0.338 e. The van der Waals surface area contributed by atoms with Crippen LogP contribution in [0.4, 0.5) is 10.5 Å². The first kappa shape index (κ1) is 12.9. The fraction of sp³-hybridized carbons (Fsp3) is 0.500. The summed E-state index contributed by atoms with van der Waals surface area (Å²) in [6.45, 7) is 4.71. The van der Waals surface area contributed by atoms with E-state index in [9.17, 15) is 4.79 Å². The molecule has 18 heavy (non-hydrogen) atoms. The molecule has 1 aliphatic rings. The van der Waals surface area contributed by atoms with Gasteiger partial charge < -0.3 is 16.0 Å². The fourth-order valence-corrected chi connectivity index (χ4v) is 2.19. The summed E-state index contributed by atoms with van der Waals surface area (Å²) in [5.74, 6) is 0. The summed E-state index contributed by atoms with van der Waals surface area (Å²) in [5, 5.41) is 9.16. The van der Waals surface area contributed by atoms with Crippen molar-refractivity contribution < 1.29 is 4.79 Å². The number of rotatable bonds is 4. The van der Waals surface area contributed by atoms with Gasteiger partial charge in [-0.25, -0.2) is 4.79 Å². The first-order chi connectivity index (χ1) is 8.81. The van der Waals surface area contributed by atoms with Crippen molar-refractivity contribution >= 4 is 11.7 Å². The third-order valence-corrected chi connectivity index (χ3v) is 3.20. The predicted octanol–water partition coefficient (Wildman–Crippen LogP) is 2.25. The van der Waals surface area contributed by atoms with Crippen LogP contribution in [0.3, 0.4) is 0 Å². The van der Waals surface area contributed by atoms with Gasteiger partial charge in [0.1, 0.15) is 0 Å². The summed E-state index contributed by atoms with van der Waals surface area (Å²) in [4.78, 5) is 11.7. The molecule has 98 valence electrons. The number of anilines is 1. The Bertz CT molecular complexity index is 418. The van der Waals surface area contributed by atoms with Gasteiger partial charge in [-0.2, -0.15) is 0 Å². The van der Waals surface area contributed by atoms with E-state index in [4.69, 9.17) is 0 Å². The molecule has 2 rings (SSSR count). The highest BCUT2D eigenvalue weighted by Crippen LogP contribution is 2.22. The summed E-state index contributed by atoms with van der Waals surface area (Å²) in [6.07, 6.45) is 3.08. The molecule has 0 aliphatic carbocycles. The van der Waals surface area contributed by atoms with Gasteiger partial charge in [0.2, 0.25) is 0 Å². The van der Waals surface area contributed by atoms with Gasteiger partial charge in [0.25, 0.3) is 0 Å². The third-order valence-electron chi connectivity index (χ3n) is 3.20. The molecule has 1 heterocycles. The van der Waals surface area contributed by atoms with Gasteiger partial charge in [-0.1, -0.05) is 25.5 Å². The molecule has 4 heteroatoms. The average molecular weight is 247 g/mol. The lowest BCUT2D eigenvalue weighted by Crippen LogP contribution is -2.31. The first-order valence-electron chi connectivity index (χ1n) is 6.67. The minimum atomic E-state index is -0.101. The van der Waals surface area contributed by atoms with Crippen LogP contribution in [0.15, 0.2) is 18.2 Å². The Hall–Kier alpha value is -1.55. The Labute approximate surface area is 108 Å². The molecule has 0 spiro atoms. The zero-order valence-electron chi connectivity index (χ0n) is 10.9. The van der Waals surface area contributed by atoms with E-state index in [-0.39, 0.29) is 6.03 Å². The van der Waals surface area contributed by atoms with E-state index in [0.717, 1.165) is 44.6 Å². The zero-order valence-corrected chi connectivity index (χ0v) is 10.9. The van der Waals surface area contributed by atoms with E-state index in [1.165, 1.54) is 11.1 Å². The number of carbonyl (C=O) groups is 1. The van der Waals surface area contributed by atoms with Crippen LogP contribution < -0.4 is 16.0 Å². The van der Waals surface area contributed by atoms with E-state index in [0.29, 0.717) is 0 Å². The van der Waals surface area contributed by atoms with Crippen molar-refractivity contribution in [3.8, 4) is 0 Å². The van der Waals surface area contributed by atoms with Gasteiger partial charge in [-0.05, 0) is 36.6 Å². The van der Waals surface area contributed by atoms with Crippen molar-refractivity contribution in [2.24, 2.45) is 0 Å². The Morgan fingerprint density at radius 1 is 1.44 bits per heavy atom. The predicted molar refractivity (Wildman–Crippen MR) is 73.8 cm³/mol. The van der Waals surface area contributed by atoms with Gasteiger partial charge in [-0.3, -0.25) is 0 Å². The number of unbranched alkanes of at least 4 members (excludes halogenated alkanes) is 1. The lowest BCUT2D eigenvalue weighted by molar-refractivity contribution is 0.252. The summed E-state index contributed by atoms with van der Waals surface area (Å²) in [5.41, 5.74) is 3.50. The normalized spacial score (nSPS) is 13.8. The highest BCUT2D eigenvalue weighted by molar-refractivity contribution is 5.90. The van der Waals surface area contributed by atoms with Gasteiger partial charge in [0, 0.05) is 18.8 Å². The lowest BCUT2D eigenvalue weighted by atomic mass is 9.99. The number of hydrogen-bond donors (Lipinski definition) is 3. The molecule has 0 unspecified atom stereocenters. The number of nitrogens with one attached hydrogen (secondary N) is 3. The number of benzene rings is 1. The number of carbonyl (C=O) groups excluding carboxylic acids is 1. The molecule has 0 aromatic heterocycles. The topological polar surface area (TPSA) is 53.2 Å². The molecule has 0 radical (unpaired) electrons. The van der Waals surface area contributed by atoms with Crippen molar-refractivity contribution in [1.29, 1.82) is 0 Å². The quantitative estimate of drug-likeness (QED) is 0.715. The van der Waals surface area contributed by atoms with Crippen LogP contribution in [0, 0.1) is 0 Å². The van der Waals surface area contributed by atoms with Crippen molar-refractivity contribution in [1.82, 2.24) is 10.6 Å². The molecule has 0 atom stereocenters. The van der Waals surface area contributed by atoms with E-state index < -0.39 is 0 Å². The maximum Gasteiger partial charge on any atom is 0.319 e. The number of fused-ring (bicyclic) bond motifs is 1. The second-order valence-corrected chi connectivity index (χ2v) is 4.60.